The number of thiophene rings is 1. The second-order valence-electron chi connectivity index (χ2n) is 7.85. The molecule has 3 aromatic rings. The van der Waals surface area contributed by atoms with Crippen LogP contribution in [0.3, 0.4) is 0 Å². The van der Waals surface area contributed by atoms with E-state index < -0.39 is 11.8 Å². The van der Waals surface area contributed by atoms with Crippen molar-refractivity contribution in [3.8, 4) is 0 Å². The van der Waals surface area contributed by atoms with Crippen molar-refractivity contribution in [3.63, 3.8) is 0 Å². The Labute approximate surface area is 199 Å². The van der Waals surface area contributed by atoms with Crippen molar-refractivity contribution in [1.29, 1.82) is 0 Å². The van der Waals surface area contributed by atoms with Gasteiger partial charge in [0.1, 0.15) is 5.82 Å². The third-order valence-electron chi connectivity index (χ3n) is 5.31. The second-order valence-corrected chi connectivity index (χ2v) is 10.2. The van der Waals surface area contributed by atoms with Gasteiger partial charge in [-0.05, 0) is 67.1 Å². The van der Waals surface area contributed by atoms with Gasteiger partial charge in [0.05, 0.1) is 4.21 Å². The molecule has 1 aliphatic rings. The van der Waals surface area contributed by atoms with E-state index in [-0.39, 0.29) is 11.4 Å². The van der Waals surface area contributed by atoms with Crippen LogP contribution in [0, 0.1) is 12.7 Å². The molecule has 1 N–H and O–H groups in total. The number of rotatable bonds is 4. The Hall–Kier alpha value is -2.07. The highest BCUT2D eigenvalue weighted by Gasteiger charge is 2.51. The Morgan fingerprint density at radius 2 is 1.52 bits per heavy atom. The lowest BCUT2D eigenvalue weighted by molar-refractivity contribution is -0.258. The van der Waals surface area contributed by atoms with Gasteiger partial charge in [-0.25, -0.2) is 8.70 Å². The van der Waals surface area contributed by atoms with Crippen molar-refractivity contribution in [2.24, 2.45) is 0 Å². The number of nitrogens with zero attached hydrogens (tertiary/aromatic N) is 2. The number of hydrogen-bond donors (Lipinski definition) is 1. The van der Waals surface area contributed by atoms with Crippen molar-refractivity contribution in [1.82, 2.24) is 4.31 Å². The van der Waals surface area contributed by atoms with Gasteiger partial charge in [-0.3, -0.25) is 0 Å². The molecule has 9 heteroatoms. The van der Waals surface area contributed by atoms with Crippen molar-refractivity contribution < 1.29 is 22.7 Å². The summed E-state index contributed by atoms with van der Waals surface area (Å²) in [6.45, 7) is 6.10. The van der Waals surface area contributed by atoms with Gasteiger partial charge >= 0.3 is 6.18 Å². The predicted octanol–water partition coefficient (Wildman–Crippen LogP) is 6.48. The van der Waals surface area contributed by atoms with E-state index in [1.54, 1.807) is 47.6 Å². The highest BCUT2D eigenvalue weighted by atomic mass is 32.2. The van der Waals surface area contributed by atoms with E-state index in [9.17, 15) is 22.7 Å². The van der Waals surface area contributed by atoms with Crippen molar-refractivity contribution in [3.05, 3.63) is 83.0 Å². The minimum atomic E-state index is -4.70. The average Bonchev–Trinajstić information content (AvgIpc) is 3.29. The van der Waals surface area contributed by atoms with Crippen LogP contribution in [-0.4, -0.2) is 41.8 Å². The summed E-state index contributed by atoms with van der Waals surface area (Å²) in [6.07, 6.45) is -4.70. The highest BCUT2D eigenvalue weighted by Crippen LogP contribution is 2.39. The van der Waals surface area contributed by atoms with Crippen molar-refractivity contribution >= 4 is 29.0 Å². The molecular formula is C24H26F4N2OS2. The molecule has 1 aliphatic heterocycles. The molecule has 1 saturated heterocycles. The van der Waals surface area contributed by atoms with E-state index >= 15 is 0 Å². The summed E-state index contributed by atoms with van der Waals surface area (Å²) in [5.41, 5.74) is -1.01. The maximum Gasteiger partial charge on any atom is 0.421 e. The number of anilines is 1. The first-order valence-corrected chi connectivity index (χ1v) is 12.0. The second kappa shape index (κ2) is 10.9. The highest BCUT2D eigenvalue weighted by molar-refractivity contribution is 7.98. The third-order valence-corrected chi connectivity index (χ3v) is 7.42. The largest absolute Gasteiger partial charge is 0.421 e. The number of halogens is 4. The maximum atomic E-state index is 12.9. The first-order chi connectivity index (χ1) is 15.6. The minimum Gasteiger partial charge on any atom is -0.376 e. The normalized spacial score (nSPS) is 16.6. The van der Waals surface area contributed by atoms with Crippen LogP contribution < -0.4 is 4.90 Å². The van der Waals surface area contributed by atoms with Crippen LogP contribution in [0.25, 0.3) is 0 Å². The molecule has 1 atom stereocenters. The van der Waals surface area contributed by atoms with Crippen LogP contribution in [0.1, 0.15) is 18.1 Å². The lowest BCUT2D eigenvalue weighted by atomic mass is 9.95. The molecule has 0 aliphatic carbocycles. The van der Waals surface area contributed by atoms with Crippen LogP contribution in [0.5, 0.6) is 0 Å². The molecule has 3 nitrogen and oxygen atoms in total. The molecular weight excluding hydrogens is 472 g/mol. The molecule has 0 bridgehead atoms. The first kappa shape index (κ1) is 25.6. The topological polar surface area (TPSA) is 26.7 Å². The van der Waals surface area contributed by atoms with Crippen LogP contribution in [-0.2, 0) is 5.60 Å². The maximum absolute atomic E-state index is 12.9. The molecule has 1 unspecified atom stereocenters. The van der Waals surface area contributed by atoms with E-state index in [2.05, 4.69) is 20.7 Å². The standard InChI is InChI=1S/C17H19F3N2OS2.C7H7F/c1-16(23,17(18,19)20)13-4-6-14(7-5-13)21-8-10-22(11-9-21)25-15-3-2-12-24-15;1-6-2-4-7(8)5-3-6/h2-7,12,23H,8-11H2,1H3;2-5H,1H3. The first-order valence-electron chi connectivity index (χ1n) is 10.4. The summed E-state index contributed by atoms with van der Waals surface area (Å²) in [4.78, 5) is 2.15. The summed E-state index contributed by atoms with van der Waals surface area (Å²) >= 11 is 3.46. The predicted molar refractivity (Wildman–Crippen MR) is 127 cm³/mol. The van der Waals surface area contributed by atoms with Crippen molar-refractivity contribution in [2.75, 3.05) is 31.1 Å². The van der Waals surface area contributed by atoms with Gasteiger partial charge in [0, 0.05) is 31.9 Å². The van der Waals surface area contributed by atoms with Crippen LogP contribution in [0.15, 0.2) is 70.3 Å². The third kappa shape index (κ3) is 6.96. The zero-order valence-electron chi connectivity index (χ0n) is 18.3. The molecule has 33 heavy (non-hydrogen) atoms. The molecule has 1 fully saturated rings. The van der Waals surface area contributed by atoms with Gasteiger partial charge in [0.2, 0.25) is 0 Å². The fourth-order valence-corrected chi connectivity index (χ4v) is 5.02. The Kier molecular flexibility index (Phi) is 8.44. The van der Waals surface area contributed by atoms with Gasteiger partial charge in [0.15, 0.2) is 5.60 Å². The molecule has 0 saturated carbocycles. The molecule has 178 valence electrons. The summed E-state index contributed by atoms with van der Waals surface area (Å²) < 4.78 is 54.4. The van der Waals surface area contributed by atoms with E-state index in [4.69, 9.17) is 0 Å². The van der Waals surface area contributed by atoms with Crippen LogP contribution >= 0.6 is 23.3 Å². The summed E-state index contributed by atoms with van der Waals surface area (Å²) in [6, 6.07) is 16.5. The number of hydrogen-bond acceptors (Lipinski definition) is 5. The number of benzene rings is 2. The SMILES string of the molecule is CC(O)(c1ccc(N2CCN(Sc3cccs3)CC2)cc1)C(F)(F)F.Cc1ccc(F)cc1. The number of aryl methyl sites for hydroxylation is 1. The molecule has 2 aromatic carbocycles. The van der Waals surface area contributed by atoms with Crippen LogP contribution in [0.2, 0.25) is 0 Å². The minimum absolute atomic E-state index is 0.143. The smallest absolute Gasteiger partial charge is 0.376 e. The van der Waals surface area contributed by atoms with Gasteiger partial charge in [-0.15, -0.1) is 11.3 Å². The van der Waals surface area contributed by atoms with E-state index in [0.717, 1.165) is 44.4 Å². The molecule has 2 heterocycles. The van der Waals surface area contributed by atoms with Gasteiger partial charge in [-0.1, -0.05) is 35.9 Å². The lowest BCUT2D eigenvalue weighted by Gasteiger charge is -2.35. The zero-order chi connectivity index (χ0) is 24.1. The molecule has 0 radical (unpaired) electrons. The van der Waals surface area contributed by atoms with Gasteiger partial charge in [-0.2, -0.15) is 13.2 Å². The van der Waals surface area contributed by atoms with E-state index in [1.165, 1.54) is 28.5 Å². The van der Waals surface area contributed by atoms with E-state index in [0.29, 0.717) is 0 Å². The zero-order valence-corrected chi connectivity index (χ0v) is 20.0. The van der Waals surface area contributed by atoms with E-state index in [1.807, 2.05) is 13.0 Å². The Bertz CT molecular complexity index is 962. The van der Waals surface area contributed by atoms with Gasteiger partial charge in [0.25, 0.3) is 0 Å². The summed E-state index contributed by atoms with van der Waals surface area (Å²) in [5, 5.41) is 11.8. The summed E-state index contributed by atoms with van der Waals surface area (Å²) in [7, 11) is 0. The van der Waals surface area contributed by atoms with Crippen molar-refractivity contribution in [2.45, 2.75) is 29.8 Å². The molecule has 4 rings (SSSR count). The lowest BCUT2D eigenvalue weighted by Crippen LogP contribution is -2.43. The fraction of sp³-hybridized carbons (Fsp3) is 0.333. The Morgan fingerprint density at radius 1 is 0.909 bits per heavy atom. The van der Waals surface area contributed by atoms with Gasteiger partial charge < -0.3 is 10.0 Å². The number of piperazine rings is 1. The summed E-state index contributed by atoms with van der Waals surface area (Å²) in [5.74, 6) is -0.171. The monoisotopic (exact) mass is 498 g/mol. The Morgan fingerprint density at radius 3 is 2.00 bits per heavy atom. The molecule has 0 spiro atoms. The van der Waals surface area contributed by atoms with Crippen LogP contribution in [0.4, 0.5) is 23.2 Å². The fourth-order valence-electron chi connectivity index (χ4n) is 3.17. The Balaban J connectivity index is 0.000000323. The molecule has 1 aromatic heterocycles. The average molecular weight is 499 g/mol. The number of aliphatic hydroxyl groups is 1. The number of alkyl halides is 3. The molecule has 0 amide bonds. The quantitative estimate of drug-likeness (QED) is 0.329.